The summed E-state index contributed by atoms with van der Waals surface area (Å²) in [6.45, 7) is 9.71. The Kier molecular flexibility index (Phi) is 10.5. The monoisotopic (exact) mass is 417 g/mol. The Hall–Kier alpha value is -1.72. The minimum Gasteiger partial charge on any atom is -0.378 e. The summed E-state index contributed by atoms with van der Waals surface area (Å²) in [7, 11) is 10.5. The molecule has 0 saturated heterocycles. The predicted octanol–water partition coefficient (Wildman–Crippen LogP) is 4.58. The summed E-state index contributed by atoms with van der Waals surface area (Å²) in [6.07, 6.45) is 7.45. The van der Waals surface area contributed by atoms with Gasteiger partial charge in [-0.05, 0) is 63.9 Å². The van der Waals surface area contributed by atoms with E-state index in [0.717, 1.165) is 34.9 Å². The topological polar surface area (TPSA) is 22.1 Å². The van der Waals surface area contributed by atoms with Crippen molar-refractivity contribution in [1.29, 1.82) is 0 Å². The van der Waals surface area contributed by atoms with Crippen LogP contribution < -0.4 is 4.90 Å². The first-order valence-corrected chi connectivity index (χ1v) is 11.1. The number of hydrogen-bond acceptors (Lipinski definition) is 4. The Morgan fingerprint density at radius 2 is 1.69 bits per heavy atom. The van der Waals surface area contributed by atoms with E-state index in [1.54, 1.807) is 0 Å². The third-order valence-corrected chi connectivity index (χ3v) is 5.62. The molecular formula is C24H41N4S+. The molecule has 0 bridgehead atoms. The van der Waals surface area contributed by atoms with E-state index in [-0.39, 0.29) is 0 Å². The zero-order chi connectivity index (χ0) is 22.1. The molecule has 0 heterocycles. The lowest BCUT2D eigenvalue weighted by Crippen LogP contribution is -2.38. The molecule has 0 aliphatic heterocycles. The van der Waals surface area contributed by atoms with Gasteiger partial charge in [-0.2, -0.15) is 0 Å². The molecule has 1 aliphatic rings. The maximum absolute atomic E-state index is 4.82. The van der Waals surface area contributed by atoms with Crippen LogP contribution in [0.3, 0.4) is 0 Å². The second kappa shape index (κ2) is 12.1. The van der Waals surface area contributed by atoms with Gasteiger partial charge in [0, 0.05) is 63.3 Å². The molecule has 2 unspecified atom stereocenters. The van der Waals surface area contributed by atoms with Crippen molar-refractivity contribution in [2.45, 2.75) is 45.1 Å². The Morgan fingerprint density at radius 3 is 2.17 bits per heavy atom. The molecule has 1 aliphatic carbocycles. The molecule has 1 aromatic carbocycles. The highest BCUT2D eigenvalue weighted by molar-refractivity contribution is 7.59. The zero-order valence-electron chi connectivity index (χ0n) is 19.8. The standard InChI is InChI=1S/C22H34N4S.C2H6/c1-16(15-24(3)4)17(2)26(7)19-10-8-18(9-11-19)23-21-13-12-20(25(5)6)14-22(21)27;1-2/h8,10-14,16-17,27H,9,15H2,1-7H3;1-2H3/p+1. The molecular weight excluding hydrogens is 376 g/mol. The smallest absolute Gasteiger partial charge is 0.178 e. The third kappa shape index (κ3) is 7.56. The van der Waals surface area contributed by atoms with Crippen molar-refractivity contribution in [3.63, 3.8) is 0 Å². The predicted molar refractivity (Wildman–Crippen MR) is 134 cm³/mol. The highest BCUT2D eigenvalue weighted by atomic mass is 32.1. The van der Waals surface area contributed by atoms with Gasteiger partial charge in [0.2, 0.25) is 0 Å². The maximum Gasteiger partial charge on any atom is 0.178 e. The zero-order valence-corrected chi connectivity index (χ0v) is 20.8. The van der Waals surface area contributed by atoms with Gasteiger partial charge in [-0.15, -0.1) is 0 Å². The molecule has 2 atom stereocenters. The first kappa shape index (κ1) is 25.3. The number of likely N-dealkylation sites (N-methyl/N-ethyl adjacent to an activating group) is 1. The number of rotatable bonds is 7. The fourth-order valence-corrected chi connectivity index (χ4v) is 3.56. The second-order valence-electron chi connectivity index (χ2n) is 7.96. The lowest BCUT2D eigenvalue weighted by atomic mass is 10.00. The van der Waals surface area contributed by atoms with Gasteiger partial charge in [0.15, 0.2) is 4.90 Å². The molecule has 0 spiro atoms. The van der Waals surface area contributed by atoms with E-state index in [1.807, 2.05) is 27.9 Å². The van der Waals surface area contributed by atoms with E-state index < -0.39 is 0 Å². The Balaban J connectivity index is 0.00000204. The molecule has 0 N–H and O–H groups in total. The van der Waals surface area contributed by atoms with Crippen LogP contribution in [0.15, 0.2) is 52.0 Å². The molecule has 0 saturated carbocycles. The average molecular weight is 418 g/mol. The van der Waals surface area contributed by atoms with Crippen LogP contribution >= 0.6 is 0 Å². The van der Waals surface area contributed by atoms with Crippen LogP contribution in [0.2, 0.25) is 0 Å². The van der Waals surface area contributed by atoms with Crippen LogP contribution in [0.4, 0.5) is 11.4 Å². The van der Waals surface area contributed by atoms with Gasteiger partial charge in [-0.25, -0.2) is 4.99 Å². The summed E-state index contributed by atoms with van der Waals surface area (Å²) in [5.74, 6) is 0.597. The molecule has 2 rings (SSSR count). The SMILES string of the molecule is CC.CC(CN(C)C)C(C)N(C)C1=CCC(=Nc2ccc(N(C)C)cc2[SH2+])C=C1. The summed E-state index contributed by atoms with van der Waals surface area (Å²) in [5, 5.41) is 0. The van der Waals surface area contributed by atoms with Gasteiger partial charge in [0.05, 0.1) is 0 Å². The van der Waals surface area contributed by atoms with Gasteiger partial charge >= 0.3 is 0 Å². The normalized spacial score (nSPS) is 16.8. The van der Waals surface area contributed by atoms with Gasteiger partial charge < -0.3 is 14.7 Å². The Morgan fingerprint density at radius 1 is 1.03 bits per heavy atom. The van der Waals surface area contributed by atoms with E-state index in [0.29, 0.717) is 12.0 Å². The molecule has 4 nitrogen and oxygen atoms in total. The molecule has 1 aromatic rings. The average Bonchev–Trinajstić information content (AvgIpc) is 2.69. The van der Waals surface area contributed by atoms with Crippen molar-refractivity contribution >= 4 is 29.7 Å². The number of hydrogen-bond donors (Lipinski definition) is 0. The first-order chi connectivity index (χ1) is 13.7. The molecule has 29 heavy (non-hydrogen) atoms. The number of allylic oxidation sites excluding steroid dienone is 3. The molecule has 0 aromatic heterocycles. The fraction of sp³-hybridized carbons (Fsp3) is 0.542. The van der Waals surface area contributed by atoms with Crippen molar-refractivity contribution in [2.24, 2.45) is 10.9 Å². The summed E-state index contributed by atoms with van der Waals surface area (Å²) in [5.41, 5.74) is 4.48. The van der Waals surface area contributed by atoms with Crippen LogP contribution in [0.1, 0.15) is 34.1 Å². The van der Waals surface area contributed by atoms with Crippen LogP contribution in [0.25, 0.3) is 0 Å². The van der Waals surface area contributed by atoms with Gasteiger partial charge in [-0.1, -0.05) is 26.8 Å². The summed E-state index contributed by atoms with van der Waals surface area (Å²) in [6, 6.07) is 6.74. The van der Waals surface area contributed by atoms with Crippen molar-refractivity contribution < 1.29 is 0 Å². The van der Waals surface area contributed by atoms with Crippen LogP contribution in [0, 0.1) is 5.92 Å². The molecule has 0 radical (unpaired) electrons. The van der Waals surface area contributed by atoms with Crippen molar-refractivity contribution in [3.8, 4) is 0 Å². The van der Waals surface area contributed by atoms with Crippen LogP contribution in [-0.2, 0) is 12.6 Å². The van der Waals surface area contributed by atoms with E-state index in [2.05, 4.69) is 98.7 Å². The quantitative estimate of drug-likeness (QED) is 0.606. The van der Waals surface area contributed by atoms with E-state index in [9.17, 15) is 0 Å². The van der Waals surface area contributed by atoms with Crippen molar-refractivity contribution in [1.82, 2.24) is 9.80 Å². The summed E-state index contributed by atoms with van der Waals surface area (Å²) < 4.78 is 0. The minimum atomic E-state index is 0.481. The molecule has 0 amide bonds. The maximum atomic E-state index is 4.82. The number of benzene rings is 1. The number of nitrogens with zero attached hydrogens (tertiary/aromatic N) is 4. The fourth-order valence-electron chi connectivity index (χ4n) is 3.27. The van der Waals surface area contributed by atoms with Gasteiger partial charge in [0.25, 0.3) is 0 Å². The molecule has 0 fully saturated rings. The highest BCUT2D eigenvalue weighted by Gasteiger charge is 2.19. The number of anilines is 1. The van der Waals surface area contributed by atoms with Crippen molar-refractivity contribution in [2.75, 3.05) is 46.7 Å². The summed E-state index contributed by atoms with van der Waals surface area (Å²) >= 11 is 3.70. The van der Waals surface area contributed by atoms with Crippen LogP contribution in [-0.4, -0.2) is 63.3 Å². The highest BCUT2D eigenvalue weighted by Crippen LogP contribution is 2.26. The first-order valence-electron chi connectivity index (χ1n) is 10.6. The Bertz CT molecular complexity index is 734. The van der Waals surface area contributed by atoms with E-state index in [1.165, 1.54) is 5.70 Å². The van der Waals surface area contributed by atoms with Gasteiger partial charge in [-0.3, -0.25) is 0 Å². The van der Waals surface area contributed by atoms with Crippen LogP contribution in [0.5, 0.6) is 0 Å². The Labute approximate surface area is 184 Å². The largest absolute Gasteiger partial charge is 0.378 e. The lowest BCUT2D eigenvalue weighted by Gasteiger charge is -2.34. The summed E-state index contributed by atoms with van der Waals surface area (Å²) in [4.78, 5) is 12.6. The van der Waals surface area contributed by atoms with Gasteiger partial charge in [0.1, 0.15) is 5.69 Å². The molecule has 5 heteroatoms. The van der Waals surface area contributed by atoms with E-state index in [4.69, 9.17) is 4.99 Å². The van der Waals surface area contributed by atoms with E-state index >= 15 is 0 Å². The molecule has 162 valence electrons. The third-order valence-electron chi connectivity index (χ3n) is 5.22. The van der Waals surface area contributed by atoms with Crippen molar-refractivity contribution in [3.05, 3.63) is 42.1 Å². The minimum absolute atomic E-state index is 0.481. The number of aliphatic imine (C=N–C) groups is 1. The lowest BCUT2D eigenvalue weighted by molar-refractivity contribution is 0.210. The second-order valence-corrected chi connectivity index (χ2v) is 8.50.